The molecular weight excluding hydrogens is 356 g/mol. The summed E-state index contributed by atoms with van der Waals surface area (Å²) >= 11 is 0. The molecule has 1 saturated heterocycles. The van der Waals surface area contributed by atoms with Gasteiger partial charge in [-0.2, -0.15) is 0 Å². The minimum Gasteiger partial charge on any atom is -0.357 e. The van der Waals surface area contributed by atoms with Crippen molar-refractivity contribution in [3.63, 3.8) is 0 Å². The van der Waals surface area contributed by atoms with Gasteiger partial charge in [-0.15, -0.1) is 0 Å². The Labute approximate surface area is 165 Å². The van der Waals surface area contributed by atoms with Crippen molar-refractivity contribution >= 4 is 17.8 Å². The number of carbonyl (C=O) groups is 2. The first kappa shape index (κ1) is 18.7. The van der Waals surface area contributed by atoms with Crippen molar-refractivity contribution in [2.45, 2.75) is 26.3 Å². The Morgan fingerprint density at radius 2 is 1.93 bits per heavy atom. The lowest BCUT2D eigenvalue weighted by Crippen LogP contribution is -2.39. The number of imide groups is 1. The molecule has 4 rings (SSSR count). The molecule has 8 nitrogen and oxygen atoms in total. The molecule has 2 heterocycles. The highest BCUT2D eigenvalue weighted by Gasteiger charge is 2.58. The maximum absolute atomic E-state index is 12.7. The molecule has 1 aliphatic heterocycles. The fourth-order valence-corrected chi connectivity index (χ4v) is 4.67. The zero-order valence-electron chi connectivity index (χ0n) is 16.3. The van der Waals surface area contributed by atoms with Crippen molar-refractivity contribution in [1.29, 1.82) is 0 Å². The van der Waals surface area contributed by atoms with Gasteiger partial charge in [0.1, 0.15) is 0 Å². The monoisotopic (exact) mass is 384 g/mol. The van der Waals surface area contributed by atoms with Crippen LogP contribution in [0.5, 0.6) is 0 Å². The number of hydrogen-bond acceptors (Lipinski definition) is 4. The molecule has 28 heavy (non-hydrogen) atoms. The summed E-state index contributed by atoms with van der Waals surface area (Å²) in [5.41, 5.74) is 0. The number of imidazole rings is 1. The number of nitrogens with zero attached hydrogens (tertiary/aromatic N) is 4. The average molecular weight is 384 g/mol. The summed E-state index contributed by atoms with van der Waals surface area (Å²) in [6, 6.07) is 0. The standard InChI is InChI=1S/C20H28N6O2/c1-2-22-20(24-8-11-25-10-7-21-13-25)23-6-3-9-26-18(27)16-14-4-5-15(12-14)17(16)19(26)28/h4-5,7,10,13-17H,2-3,6,8-9,11-12H2,1H3,(H2,22,23,24). The van der Waals surface area contributed by atoms with Gasteiger partial charge in [0.15, 0.2) is 5.96 Å². The van der Waals surface area contributed by atoms with E-state index in [9.17, 15) is 9.59 Å². The van der Waals surface area contributed by atoms with Gasteiger partial charge in [0.2, 0.25) is 11.8 Å². The van der Waals surface area contributed by atoms with Crippen LogP contribution in [0.4, 0.5) is 0 Å². The van der Waals surface area contributed by atoms with E-state index < -0.39 is 0 Å². The van der Waals surface area contributed by atoms with E-state index in [0.717, 1.165) is 32.0 Å². The predicted octanol–water partition coefficient (Wildman–Crippen LogP) is 0.635. The molecule has 4 atom stereocenters. The Kier molecular flexibility index (Phi) is 5.45. The number of hydrogen-bond donors (Lipinski definition) is 2. The van der Waals surface area contributed by atoms with E-state index in [4.69, 9.17) is 0 Å². The highest BCUT2D eigenvalue weighted by atomic mass is 16.2. The van der Waals surface area contributed by atoms with E-state index in [-0.39, 0.29) is 35.5 Å². The van der Waals surface area contributed by atoms with Crippen LogP contribution >= 0.6 is 0 Å². The maximum atomic E-state index is 12.7. The van der Waals surface area contributed by atoms with E-state index in [0.29, 0.717) is 19.5 Å². The zero-order chi connectivity index (χ0) is 19.5. The van der Waals surface area contributed by atoms with Crippen molar-refractivity contribution in [3.05, 3.63) is 30.9 Å². The van der Waals surface area contributed by atoms with Gasteiger partial charge < -0.3 is 15.2 Å². The van der Waals surface area contributed by atoms with Crippen LogP contribution in [0.15, 0.2) is 35.9 Å². The van der Waals surface area contributed by atoms with Gasteiger partial charge in [0, 0.05) is 45.1 Å². The van der Waals surface area contributed by atoms with Crippen molar-refractivity contribution in [2.24, 2.45) is 28.7 Å². The highest BCUT2D eigenvalue weighted by Crippen LogP contribution is 2.52. The van der Waals surface area contributed by atoms with Crippen molar-refractivity contribution in [1.82, 2.24) is 25.1 Å². The first-order chi connectivity index (χ1) is 13.7. The molecule has 2 fully saturated rings. The number of amides is 2. The number of likely N-dealkylation sites (tertiary alicyclic amines) is 1. The average Bonchev–Trinajstić information content (AvgIpc) is 3.46. The fourth-order valence-electron chi connectivity index (χ4n) is 4.67. The van der Waals surface area contributed by atoms with E-state index in [1.807, 2.05) is 17.7 Å². The molecule has 1 saturated carbocycles. The molecule has 2 N–H and O–H groups in total. The maximum Gasteiger partial charge on any atom is 0.233 e. The molecule has 150 valence electrons. The second kappa shape index (κ2) is 8.16. The van der Waals surface area contributed by atoms with Gasteiger partial charge in [0.05, 0.1) is 18.2 Å². The van der Waals surface area contributed by atoms with Crippen LogP contribution in [-0.2, 0) is 16.1 Å². The Morgan fingerprint density at radius 3 is 2.57 bits per heavy atom. The van der Waals surface area contributed by atoms with Gasteiger partial charge in [0.25, 0.3) is 0 Å². The fraction of sp³-hybridized carbons (Fsp3) is 0.600. The lowest BCUT2D eigenvalue weighted by atomic mass is 9.85. The molecule has 2 amide bonds. The lowest BCUT2D eigenvalue weighted by Gasteiger charge is -2.17. The van der Waals surface area contributed by atoms with Crippen molar-refractivity contribution < 1.29 is 9.59 Å². The number of allylic oxidation sites excluding steroid dienone is 2. The number of guanidine groups is 1. The van der Waals surface area contributed by atoms with E-state index in [1.54, 1.807) is 12.5 Å². The third-order valence-electron chi connectivity index (χ3n) is 5.94. The largest absolute Gasteiger partial charge is 0.357 e. The lowest BCUT2D eigenvalue weighted by molar-refractivity contribution is -0.140. The molecule has 2 aliphatic carbocycles. The van der Waals surface area contributed by atoms with Crippen LogP contribution in [0.2, 0.25) is 0 Å². The van der Waals surface area contributed by atoms with Crippen molar-refractivity contribution in [2.75, 3.05) is 26.2 Å². The SMILES string of the molecule is CCNC(=NCCCN1C(=O)C2C3C=CC(C3)C2C1=O)NCCn1ccnc1. The molecular formula is C20H28N6O2. The van der Waals surface area contributed by atoms with Crippen molar-refractivity contribution in [3.8, 4) is 0 Å². The first-order valence-corrected chi connectivity index (χ1v) is 10.2. The second-order valence-corrected chi connectivity index (χ2v) is 7.67. The van der Waals surface area contributed by atoms with Gasteiger partial charge in [-0.1, -0.05) is 12.2 Å². The summed E-state index contributed by atoms with van der Waals surface area (Å²) in [6.07, 6.45) is 11.4. The molecule has 0 aromatic carbocycles. The number of rotatable bonds is 8. The molecule has 2 bridgehead atoms. The molecule has 0 radical (unpaired) electrons. The molecule has 4 unspecified atom stereocenters. The molecule has 0 spiro atoms. The summed E-state index contributed by atoms with van der Waals surface area (Å²) in [5.74, 6) is 1.15. The summed E-state index contributed by atoms with van der Waals surface area (Å²) < 4.78 is 2.00. The Bertz CT molecular complexity index is 742. The Balaban J connectivity index is 1.24. The van der Waals surface area contributed by atoms with Crippen LogP contribution in [0.1, 0.15) is 19.8 Å². The van der Waals surface area contributed by atoms with E-state index >= 15 is 0 Å². The number of fused-ring (bicyclic) bond motifs is 5. The van der Waals surface area contributed by atoms with E-state index in [1.165, 1.54) is 4.90 Å². The second-order valence-electron chi connectivity index (χ2n) is 7.67. The minimum atomic E-state index is -0.104. The van der Waals surface area contributed by atoms with Crippen LogP contribution in [0.3, 0.4) is 0 Å². The summed E-state index contributed by atoms with van der Waals surface area (Å²) in [7, 11) is 0. The Hall–Kier alpha value is -2.64. The van der Waals surface area contributed by atoms with Gasteiger partial charge in [-0.05, 0) is 31.6 Å². The van der Waals surface area contributed by atoms with Crippen LogP contribution in [-0.4, -0.2) is 58.4 Å². The van der Waals surface area contributed by atoms with Crippen LogP contribution < -0.4 is 10.6 Å². The zero-order valence-corrected chi connectivity index (χ0v) is 16.3. The first-order valence-electron chi connectivity index (χ1n) is 10.2. The molecule has 3 aliphatic rings. The number of carbonyl (C=O) groups excluding carboxylic acids is 2. The molecule has 1 aromatic rings. The topological polar surface area (TPSA) is 91.6 Å². The third kappa shape index (κ3) is 3.55. The summed E-state index contributed by atoms with van der Waals surface area (Å²) in [4.78, 5) is 35.4. The highest BCUT2D eigenvalue weighted by molar-refractivity contribution is 6.06. The smallest absolute Gasteiger partial charge is 0.233 e. The minimum absolute atomic E-state index is 0.0289. The summed E-state index contributed by atoms with van der Waals surface area (Å²) in [5, 5.41) is 6.51. The predicted molar refractivity (Wildman–Crippen MR) is 105 cm³/mol. The van der Waals surface area contributed by atoms with E-state index in [2.05, 4.69) is 32.8 Å². The number of aliphatic imine (C=N–C) groups is 1. The third-order valence-corrected chi connectivity index (χ3v) is 5.94. The van der Waals surface area contributed by atoms with Gasteiger partial charge in [-0.25, -0.2) is 4.98 Å². The normalized spacial score (nSPS) is 28.3. The van der Waals surface area contributed by atoms with Gasteiger partial charge >= 0.3 is 0 Å². The number of aromatic nitrogens is 2. The molecule has 8 heteroatoms. The number of nitrogens with one attached hydrogen (secondary N) is 2. The Morgan fingerprint density at radius 1 is 1.18 bits per heavy atom. The molecule has 1 aromatic heterocycles. The quantitative estimate of drug-likeness (QED) is 0.226. The van der Waals surface area contributed by atoms with Gasteiger partial charge in [-0.3, -0.25) is 19.5 Å². The van der Waals surface area contributed by atoms with Crippen LogP contribution in [0.25, 0.3) is 0 Å². The summed E-state index contributed by atoms with van der Waals surface area (Å²) in [6.45, 7) is 5.37. The van der Waals surface area contributed by atoms with Crippen LogP contribution in [0, 0.1) is 23.7 Å².